The molecule has 0 heterocycles. The third kappa shape index (κ3) is 3.48. The molecule has 2 rings (SSSR count). The molecule has 20 heavy (non-hydrogen) atoms. The number of halogens is 1. The molecule has 0 aromatic heterocycles. The standard InChI is InChI=1S/C14H14FNO3S/c15-13-3-1-2-4-14(13)19-9-10-20(17,18)12-7-5-11(16)6-8-12/h1-8H,9-10,16H2. The Labute approximate surface area is 116 Å². The van der Waals surface area contributed by atoms with E-state index in [-0.39, 0.29) is 23.0 Å². The van der Waals surface area contributed by atoms with Crippen LogP contribution in [0.4, 0.5) is 10.1 Å². The predicted octanol–water partition coefficient (Wildman–Crippen LogP) is 2.26. The number of benzene rings is 2. The predicted molar refractivity (Wildman–Crippen MR) is 74.8 cm³/mol. The first kappa shape index (κ1) is 14.3. The number of hydrogen-bond acceptors (Lipinski definition) is 4. The molecule has 0 saturated carbocycles. The van der Waals surface area contributed by atoms with Crippen molar-refractivity contribution in [2.75, 3.05) is 18.1 Å². The number of hydrogen-bond donors (Lipinski definition) is 1. The Morgan fingerprint density at radius 1 is 1.05 bits per heavy atom. The second-order valence-corrected chi connectivity index (χ2v) is 6.28. The molecule has 2 aromatic rings. The van der Waals surface area contributed by atoms with Crippen molar-refractivity contribution in [1.29, 1.82) is 0 Å². The van der Waals surface area contributed by atoms with Crippen molar-refractivity contribution in [2.45, 2.75) is 4.90 Å². The summed E-state index contributed by atoms with van der Waals surface area (Å²) < 4.78 is 42.4. The minimum absolute atomic E-state index is 0.0417. The van der Waals surface area contributed by atoms with Crippen molar-refractivity contribution in [3.05, 3.63) is 54.3 Å². The van der Waals surface area contributed by atoms with Crippen molar-refractivity contribution in [3.63, 3.8) is 0 Å². The summed E-state index contributed by atoms with van der Waals surface area (Å²) >= 11 is 0. The van der Waals surface area contributed by atoms with Crippen LogP contribution in [0.2, 0.25) is 0 Å². The Kier molecular flexibility index (Phi) is 4.24. The molecular weight excluding hydrogens is 281 g/mol. The Bertz CT molecular complexity index is 684. The zero-order chi connectivity index (χ0) is 14.6. The number of sulfone groups is 1. The average molecular weight is 295 g/mol. The lowest BCUT2D eigenvalue weighted by atomic mass is 10.3. The van der Waals surface area contributed by atoms with Crippen molar-refractivity contribution in [3.8, 4) is 5.75 Å². The summed E-state index contributed by atoms with van der Waals surface area (Å²) in [5.74, 6) is -0.706. The summed E-state index contributed by atoms with van der Waals surface area (Å²) in [6.07, 6.45) is 0. The van der Waals surface area contributed by atoms with Crippen LogP contribution in [0.1, 0.15) is 0 Å². The minimum Gasteiger partial charge on any atom is -0.489 e. The Balaban J connectivity index is 2.00. The van der Waals surface area contributed by atoms with Gasteiger partial charge in [0.2, 0.25) is 0 Å². The maximum atomic E-state index is 13.3. The van der Waals surface area contributed by atoms with Gasteiger partial charge in [0.15, 0.2) is 21.4 Å². The lowest BCUT2D eigenvalue weighted by Crippen LogP contribution is -2.14. The monoisotopic (exact) mass is 295 g/mol. The molecule has 0 unspecified atom stereocenters. The topological polar surface area (TPSA) is 69.4 Å². The van der Waals surface area contributed by atoms with E-state index in [1.165, 1.54) is 42.5 Å². The summed E-state index contributed by atoms with van der Waals surface area (Å²) in [6.45, 7) is -0.117. The molecule has 0 aliphatic heterocycles. The van der Waals surface area contributed by atoms with Gasteiger partial charge in [-0.05, 0) is 36.4 Å². The molecule has 6 heteroatoms. The maximum Gasteiger partial charge on any atom is 0.181 e. The highest BCUT2D eigenvalue weighted by Crippen LogP contribution is 2.17. The van der Waals surface area contributed by atoms with Crippen molar-refractivity contribution >= 4 is 15.5 Å². The van der Waals surface area contributed by atoms with E-state index in [9.17, 15) is 12.8 Å². The molecule has 0 bridgehead atoms. The van der Waals surface area contributed by atoms with Gasteiger partial charge >= 0.3 is 0 Å². The van der Waals surface area contributed by atoms with E-state index in [2.05, 4.69) is 0 Å². The van der Waals surface area contributed by atoms with Crippen LogP contribution in [-0.4, -0.2) is 20.8 Å². The van der Waals surface area contributed by atoms with Crippen LogP contribution in [0.15, 0.2) is 53.4 Å². The number of para-hydroxylation sites is 1. The normalized spacial score (nSPS) is 11.2. The first-order valence-electron chi connectivity index (χ1n) is 5.95. The van der Waals surface area contributed by atoms with Gasteiger partial charge in [0.1, 0.15) is 6.61 Å². The lowest BCUT2D eigenvalue weighted by Gasteiger charge is -2.08. The van der Waals surface area contributed by atoms with Gasteiger partial charge in [0.05, 0.1) is 10.6 Å². The largest absolute Gasteiger partial charge is 0.489 e. The first-order chi connectivity index (χ1) is 9.49. The van der Waals surface area contributed by atoms with E-state index < -0.39 is 15.7 Å². The molecule has 0 amide bonds. The Morgan fingerprint density at radius 3 is 2.35 bits per heavy atom. The number of ether oxygens (including phenoxy) is 1. The molecule has 4 nitrogen and oxygen atoms in total. The lowest BCUT2D eigenvalue weighted by molar-refractivity contribution is 0.322. The van der Waals surface area contributed by atoms with Gasteiger partial charge in [0, 0.05) is 5.69 Å². The quantitative estimate of drug-likeness (QED) is 0.859. The number of nitrogens with two attached hydrogens (primary N) is 1. The zero-order valence-corrected chi connectivity index (χ0v) is 11.4. The highest BCUT2D eigenvalue weighted by Gasteiger charge is 2.14. The van der Waals surface area contributed by atoms with E-state index >= 15 is 0 Å². The average Bonchev–Trinajstić information content (AvgIpc) is 2.41. The molecule has 0 aliphatic rings. The minimum atomic E-state index is -3.46. The number of rotatable bonds is 5. The van der Waals surface area contributed by atoms with Gasteiger partial charge in [-0.3, -0.25) is 0 Å². The van der Waals surface area contributed by atoms with Gasteiger partial charge in [-0.1, -0.05) is 12.1 Å². The summed E-state index contributed by atoms with van der Waals surface area (Å²) in [6, 6.07) is 11.8. The fraction of sp³-hybridized carbons (Fsp3) is 0.143. The number of nitrogen functional groups attached to an aromatic ring is 1. The van der Waals surface area contributed by atoms with E-state index in [0.717, 1.165) is 0 Å². The summed E-state index contributed by atoms with van der Waals surface area (Å²) in [7, 11) is -3.46. The van der Waals surface area contributed by atoms with Gasteiger partial charge < -0.3 is 10.5 Å². The molecule has 0 radical (unpaired) electrons. The highest BCUT2D eigenvalue weighted by atomic mass is 32.2. The van der Waals surface area contributed by atoms with E-state index in [0.29, 0.717) is 5.69 Å². The van der Waals surface area contributed by atoms with Crippen molar-refractivity contribution < 1.29 is 17.5 Å². The van der Waals surface area contributed by atoms with Crippen LogP contribution >= 0.6 is 0 Å². The summed E-state index contributed by atoms with van der Waals surface area (Å²) in [5.41, 5.74) is 5.99. The molecule has 0 fully saturated rings. The molecule has 0 saturated heterocycles. The van der Waals surface area contributed by atoms with Gasteiger partial charge in [-0.15, -0.1) is 0 Å². The van der Waals surface area contributed by atoms with Gasteiger partial charge in [-0.25, -0.2) is 12.8 Å². The Hall–Kier alpha value is -2.08. The molecule has 2 aromatic carbocycles. The second kappa shape index (κ2) is 5.92. The summed E-state index contributed by atoms with van der Waals surface area (Å²) in [5, 5.41) is 0. The smallest absolute Gasteiger partial charge is 0.181 e. The van der Waals surface area contributed by atoms with Gasteiger partial charge in [0.25, 0.3) is 0 Å². The number of anilines is 1. The molecule has 2 N–H and O–H groups in total. The maximum absolute atomic E-state index is 13.3. The third-order valence-corrected chi connectivity index (χ3v) is 4.38. The SMILES string of the molecule is Nc1ccc(S(=O)(=O)CCOc2ccccc2F)cc1. The molecule has 0 atom stereocenters. The van der Waals surface area contributed by atoms with E-state index in [1.807, 2.05) is 0 Å². The fourth-order valence-electron chi connectivity index (χ4n) is 1.62. The third-order valence-electron chi connectivity index (χ3n) is 2.69. The first-order valence-corrected chi connectivity index (χ1v) is 7.60. The van der Waals surface area contributed by atoms with Crippen LogP contribution in [0.25, 0.3) is 0 Å². The Morgan fingerprint density at radius 2 is 1.70 bits per heavy atom. The van der Waals surface area contributed by atoms with Crippen LogP contribution in [0.3, 0.4) is 0 Å². The summed E-state index contributed by atoms with van der Waals surface area (Å²) in [4.78, 5) is 0.170. The van der Waals surface area contributed by atoms with Crippen molar-refractivity contribution in [1.82, 2.24) is 0 Å². The molecule has 0 spiro atoms. The van der Waals surface area contributed by atoms with Gasteiger partial charge in [-0.2, -0.15) is 0 Å². The molecule has 106 valence electrons. The van der Waals surface area contributed by atoms with E-state index in [4.69, 9.17) is 10.5 Å². The van der Waals surface area contributed by atoms with Crippen LogP contribution < -0.4 is 10.5 Å². The van der Waals surface area contributed by atoms with Crippen LogP contribution in [0.5, 0.6) is 5.75 Å². The van der Waals surface area contributed by atoms with Crippen molar-refractivity contribution in [2.24, 2.45) is 0 Å². The molecule has 0 aliphatic carbocycles. The zero-order valence-electron chi connectivity index (χ0n) is 10.6. The second-order valence-electron chi connectivity index (χ2n) is 4.17. The molecular formula is C14H14FNO3S. The van der Waals surface area contributed by atoms with Crippen LogP contribution in [-0.2, 0) is 9.84 Å². The fourth-order valence-corrected chi connectivity index (χ4v) is 2.71. The van der Waals surface area contributed by atoms with Crippen LogP contribution in [0, 0.1) is 5.82 Å². The van der Waals surface area contributed by atoms with E-state index in [1.54, 1.807) is 6.07 Å². The highest BCUT2D eigenvalue weighted by molar-refractivity contribution is 7.91.